The Bertz CT molecular complexity index is 1250. The van der Waals surface area contributed by atoms with E-state index in [2.05, 4.69) is 5.32 Å². The topological polar surface area (TPSA) is 66.5 Å². The molecule has 3 aromatic rings. The van der Waals surface area contributed by atoms with E-state index in [-0.39, 0.29) is 17.4 Å². The van der Waals surface area contributed by atoms with E-state index in [0.717, 1.165) is 16.7 Å². The summed E-state index contributed by atoms with van der Waals surface area (Å²) in [5.74, 6) is -1.13. The lowest BCUT2D eigenvalue weighted by molar-refractivity contribution is 0.102. The second-order valence-corrected chi connectivity index (χ2v) is 10.3. The Kier molecular flexibility index (Phi) is 6.02. The van der Waals surface area contributed by atoms with Crippen LogP contribution in [0.2, 0.25) is 0 Å². The number of aryl methyl sites for hydroxylation is 2. The molecule has 0 radical (unpaired) electrons. The van der Waals surface area contributed by atoms with Crippen molar-refractivity contribution >= 4 is 27.3 Å². The van der Waals surface area contributed by atoms with Gasteiger partial charge in [0.15, 0.2) is 0 Å². The number of amides is 1. The summed E-state index contributed by atoms with van der Waals surface area (Å²) < 4.78 is 41.6. The Hall–Kier alpha value is -3.19. The zero-order chi connectivity index (χ0) is 22.9. The summed E-state index contributed by atoms with van der Waals surface area (Å²) in [6, 6.07) is 18.4. The molecule has 0 unspecified atom stereocenters. The smallest absolute Gasteiger partial charge is 0.258 e. The van der Waals surface area contributed by atoms with E-state index in [1.54, 1.807) is 30.3 Å². The number of anilines is 2. The third-order valence-corrected chi connectivity index (χ3v) is 7.96. The Morgan fingerprint density at radius 3 is 2.31 bits per heavy atom. The number of nitrogens with zero attached hydrogens (tertiary/aromatic N) is 1. The number of carbonyl (C=O) groups excluding carboxylic acids is 1. The third-order valence-electron chi connectivity index (χ3n) is 5.69. The molecule has 1 amide bonds. The van der Waals surface area contributed by atoms with E-state index in [1.807, 2.05) is 32.0 Å². The Labute approximate surface area is 187 Å². The van der Waals surface area contributed by atoms with Crippen molar-refractivity contribution in [2.75, 3.05) is 9.62 Å². The summed E-state index contributed by atoms with van der Waals surface area (Å²) in [7, 11) is -3.46. The molecule has 1 aliphatic rings. The average Bonchev–Trinajstić information content (AvgIpc) is 3.61. The van der Waals surface area contributed by atoms with Crippen molar-refractivity contribution < 1.29 is 17.6 Å². The van der Waals surface area contributed by atoms with Gasteiger partial charge >= 0.3 is 0 Å². The second kappa shape index (κ2) is 8.74. The quantitative estimate of drug-likeness (QED) is 0.536. The number of benzene rings is 3. The molecule has 0 heterocycles. The van der Waals surface area contributed by atoms with Crippen LogP contribution in [0, 0.1) is 19.7 Å². The average molecular weight is 453 g/mol. The van der Waals surface area contributed by atoms with Crippen molar-refractivity contribution in [1.82, 2.24) is 0 Å². The van der Waals surface area contributed by atoms with Gasteiger partial charge in [0.1, 0.15) is 5.82 Å². The number of hydrogen-bond donors (Lipinski definition) is 1. The minimum absolute atomic E-state index is 0.0342. The lowest BCUT2D eigenvalue weighted by Crippen LogP contribution is -2.33. The summed E-state index contributed by atoms with van der Waals surface area (Å²) in [6.45, 7) is 4.16. The van der Waals surface area contributed by atoms with Crippen LogP contribution in [0.25, 0.3) is 0 Å². The van der Waals surface area contributed by atoms with Crippen LogP contribution in [0.5, 0.6) is 0 Å². The van der Waals surface area contributed by atoms with Crippen molar-refractivity contribution in [1.29, 1.82) is 0 Å². The molecule has 166 valence electrons. The maximum atomic E-state index is 13.8. The zero-order valence-corrected chi connectivity index (χ0v) is 18.8. The Balaban J connectivity index is 1.55. The maximum Gasteiger partial charge on any atom is 0.258 e. The van der Waals surface area contributed by atoms with Gasteiger partial charge in [0.2, 0.25) is 10.0 Å². The standard InChI is InChI=1S/C25H25FN2O3S/c1-17-7-12-21(15-18(17)2)28(32(30,31)22-13-14-22)16-19-8-10-20(11-9-19)27-25(29)23-5-3-4-6-24(23)26/h3-12,15,22H,13-14,16H2,1-2H3,(H,27,29). The Morgan fingerprint density at radius 1 is 1.00 bits per heavy atom. The fourth-order valence-corrected chi connectivity index (χ4v) is 5.29. The molecule has 1 aliphatic carbocycles. The van der Waals surface area contributed by atoms with Crippen LogP contribution >= 0.6 is 0 Å². The maximum absolute atomic E-state index is 13.8. The highest BCUT2D eigenvalue weighted by Crippen LogP contribution is 2.35. The monoisotopic (exact) mass is 452 g/mol. The molecule has 0 aliphatic heterocycles. The van der Waals surface area contributed by atoms with Gasteiger partial charge in [-0.1, -0.05) is 30.3 Å². The van der Waals surface area contributed by atoms with Crippen LogP contribution in [0.3, 0.4) is 0 Å². The summed E-state index contributed by atoms with van der Waals surface area (Å²) >= 11 is 0. The second-order valence-electron chi connectivity index (χ2n) is 8.15. The molecule has 0 saturated heterocycles. The fraction of sp³-hybridized carbons (Fsp3) is 0.240. The molecule has 3 aromatic carbocycles. The van der Waals surface area contributed by atoms with Crippen LogP contribution in [-0.2, 0) is 16.6 Å². The molecule has 1 fully saturated rings. The summed E-state index contributed by atoms with van der Waals surface area (Å²) in [6.07, 6.45) is 1.37. The largest absolute Gasteiger partial charge is 0.322 e. The number of carbonyl (C=O) groups is 1. The predicted molar refractivity (Wildman–Crippen MR) is 125 cm³/mol. The molecule has 0 spiro atoms. The predicted octanol–water partition coefficient (Wildman–Crippen LogP) is 5.19. The van der Waals surface area contributed by atoms with Crippen LogP contribution in [0.15, 0.2) is 66.7 Å². The van der Waals surface area contributed by atoms with E-state index in [1.165, 1.54) is 22.5 Å². The van der Waals surface area contributed by atoms with Crippen molar-refractivity contribution in [3.8, 4) is 0 Å². The fourth-order valence-electron chi connectivity index (χ4n) is 3.46. The number of nitrogens with one attached hydrogen (secondary N) is 1. The van der Waals surface area contributed by atoms with Gasteiger partial charge in [0.05, 0.1) is 23.0 Å². The van der Waals surface area contributed by atoms with Crippen LogP contribution < -0.4 is 9.62 Å². The lowest BCUT2D eigenvalue weighted by Gasteiger charge is -2.25. The first-order valence-corrected chi connectivity index (χ1v) is 12.0. The lowest BCUT2D eigenvalue weighted by atomic mass is 10.1. The van der Waals surface area contributed by atoms with Gasteiger partial charge < -0.3 is 5.32 Å². The summed E-state index contributed by atoms with van der Waals surface area (Å²) in [5, 5.41) is 2.34. The van der Waals surface area contributed by atoms with E-state index in [4.69, 9.17) is 0 Å². The molecule has 32 heavy (non-hydrogen) atoms. The number of hydrogen-bond acceptors (Lipinski definition) is 3. The van der Waals surface area contributed by atoms with Crippen LogP contribution in [0.4, 0.5) is 15.8 Å². The molecule has 0 bridgehead atoms. The highest BCUT2D eigenvalue weighted by atomic mass is 32.2. The van der Waals surface area contributed by atoms with E-state index in [9.17, 15) is 17.6 Å². The van der Waals surface area contributed by atoms with Gasteiger partial charge in [-0.05, 0) is 79.8 Å². The van der Waals surface area contributed by atoms with Crippen LogP contribution in [0.1, 0.15) is 39.9 Å². The number of rotatable bonds is 7. The first kappa shape index (κ1) is 22.0. The molecule has 1 N–H and O–H groups in total. The normalized spacial score (nSPS) is 13.6. The molecule has 0 atom stereocenters. The highest BCUT2D eigenvalue weighted by Gasteiger charge is 2.40. The molecular formula is C25H25FN2O3S. The third kappa shape index (κ3) is 4.67. The van der Waals surface area contributed by atoms with Gasteiger partial charge in [-0.15, -0.1) is 0 Å². The minimum Gasteiger partial charge on any atom is -0.322 e. The van der Waals surface area contributed by atoms with Gasteiger partial charge in [0.25, 0.3) is 5.91 Å². The van der Waals surface area contributed by atoms with E-state index < -0.39 is 21.7 Å². The van der Waals surface area contributed by atoms with E-state index in [0.29, 0.717) is 24.2 Å². The molecule has 1 saturated carbocycles. The SMILES string of the molecule is Cc1ccc(N(Cc2ccc(NC(=O)c3ccccc3F)cc2)S(=O)(=O)C2CC2)cc1C. The van der Waals surface area contributed by atoms with Crippen LogP contribution in [-0.4, -0.2) is 19.6 Å². The van der Waals surface area contributed by atoms with E-state index >= 15 is 0 Å². The van der Waals surface area contributed by atoms with Crippen molar-refractivity contribution in [2.45, 2.75) is 38.5 Å². The van der Waals surface area contributed by atoms with Crippen molar-refractivity contribution in [3.63, 3.8) is 0 Å². The zero-order valence-electron chi connectivity index (χ0n) is 18.0. The minimum atomic E-state index is -3.46. The highest BCUT2D eigenvalue weighted by molar-refractivity contribution is 7.93. The van der Waals surface area contributed by atoms with Gasteiger partial charge in [0, 0.05) is 5.69 Å². The van der Waals surface area contributed by atoms with Gasteiger partial charge in [-0.25, -0.2) is 12.8 Å². The summed E-state index contributed by atoms with van der Waals surface area (Å²) in [4.78, 5) is 12.3. The van der Waals surface area contributed by atoms with Gasteiger partial charge in [-0.3, -0.25) is 9.10 Å². The summed E-state index contributed by atoms with van der Waals surface area (Å²) in [5.41, 5.74) is 4.04. The first-order valence-electron chi connectivity index (χ1n) is 10.5. The number of sulfonamides is 1. The molecule has 5 nitrogen and oxygen atoms in total. The van der Waals surface area contributed by atoms with Gasteiger partial charge in [-0.2, -0.15) is 0 Å². The molecule has 0 aromatic heterocycles. The van der Waals surface area contributed by atoms with Crippen molar-refractivity contribution in [3.05, 3.63) is 94.8 Å². The molecular weight excluding hydrogens is 427 g/mol. The number of halogens is 1. The molecule has 4 rings (SSSR count). The molecule has 7 heteroatoms. The first-order chi connectivity index (χ1) is 15.3. The Morgan fingerprint density at radius 2 is 1.69 bits per heavy atom. The van der Waals surface area contributed by atoms with Crippen molar-refractivity contribution in [2.24, 2.45) is 0 Å².